The van der Waals surface area contributed by atoms with Gasteiger partial charge < -0.3 is 10.6 Å². The van der Waals surface area contributed by atoms with Crippen LogP contribution >= 0.6 is 0 Å². The van der Waals surface area contributed by atoms with E-state index in [0.717, 1.165) is 38.1 Å². The van der Waals surface area contributed by atoms with Gasteiger partial charge in [0.2, 0.25) is 11.7 Å². The van der Waals surface area contributed by atoms with Crippen molar-refractivity contribution < 1.29 is 14.1 Å². The highest BCUT2D eigenvalue weighted by molar-refractivity contribution is 5.91. The smallest absolute Gasteiger partial charge is 0.306 e. The van der Waals surface area contributed by atoms with E-state index in [1.165, 1.54) is 6.07 Å². The van der Waals surface area contributed by atoms with Crippen LogP contribution in [0.3, 0.4) is 0 Å². The highest BCUT2D eigenvalue weighted by Gasteiger charge is 2.18. The van der Waals surface area contributed by atoms with Crippen LogP contribution in [0.5, 0.6) is 0 Å². The molecule has 1 aromatic carbocycles. The number of amides is 1. The second kappa shape index (κ2) is 6.42. The zero-order valence-corrected chi connectivity index (χ0v) is 10.9. The molecule has 1 aliphatic rings. The molecular formula is C13H16FN3O3. The number of rotatable bonds is 4. The van der Waals surface area contributed by atoms with Crippen LogP contribution in [-0.2, 0) is 4.79 Å². The summed E-state index contributed by atoms with van der Waals surface area (Å²) in [6, 6.07) is 3.33. The SMILES string of the molecule is O=C(CC1CCCNC1)Nc1ccc(F)c([N+](=O)[O-])c1. The Morgan fingerprint density at radius 1 is 1.55 bits per heavy atom. The van der Waals surface area contributed by atoms with E-state index in [0.29, 0.717) is 6.42 Å². The predicted octanol–water partition coefficient (Wildman–Crippen LogP) is 2.06. The maximum absolute atomic E-state index is 13.2. The highest BCUT2D eigenvalue weighted by atomic mass is 19.1. The van der Waals surface area contributed by atoms with E-state index in [1.807, 2.05) is 0 Å². The van der Waals surface area contributed by atoms with Crippen LogP contribution in [0.4, 0.5) is 15.8 Å². The molecule has 1 amide bonds. The zero-order valence-electron chi connectivity index (χ0n) is 10.9. The van der Waals surface area contributed by atoms with Gasteiger partial charge in [-0.2, -0.15) is 4.39 Å². The van der Waals surface area contributed by atoms with Gasteiger partial charge in [-0.3, -0.25) is 14.9 Å². The number of piperidine rings is 1. The van der Waals surface area contributed by atoms with Crippen LogP contribution in [0, 0.1) is 21.8 Å². The third-order valence-corrected chi connectivity index (χ3v) is 3.30. The van der Waals surface area contributed by atoms with Gasteiger partial charge in [0.1, 0.15) is 0 Å². The number of carbonyl (C=O) groups excluding carboxylic acids is 1. The maximum atomic E-state index is 13.2. The number of nitro groups is 1. The number of nitrogens with zero attached hydrogens (tertiary/aromatic N) is 1. The summed E-state index contributed by atoms with van der Waals surface area (Å²) >= 11 is 0. The molecule has 0 spiro atoms. The topological polar surface area (TPSA) is 84.3 Å². The lowest BCUT2D eigenvalue weighted by atomic mass is 9.96. The van der Waals surface area contributed by atoms with Gasteiger partial charge in [0.05, 0.1) is 4.92 Å². The van der Waals surface area contributed by atoms with E-state index < -0.39 is 16.4 Å². The van der Waals surface area contributed by atoms with Crippen LogP contribution in [0.1, 0.15) is 19.3 Å². The Labute approximate surface area is 115 Å². The van der Waals surface area contributed by atoms with Gasteiger partial charge in [-0.25, -0.2) is 0 Å². The van der Waals surface area contributed by atoms with Crippen molar-refractivity contribution in [2.45, 2.75) is 19.3 Å². The molecule has 1 saturated heterocycles. The van der Waals surface area contributed by atoms with E-state index in [4.69, 9.17) is 0 Å². The number of nitrogens with one attached hydrogen (secondary N) is 2. The van der Waals surface area contributed by atoms with Gasteiger partial charge in [-0.15, -0.1) is 0 Å². The van der Waals surface area contributed by atoms with E-state index in [-0.39, 0.29) is 17.5 Å². The summed E-state index contributed by atoms with van der Waals surface area (Å²) in [5.41, 5.74) is -0.394. The fourth-order valence-electron chi connectivity index (χ4n) is 2.30. The minimum atomic E-state index is -0.913. The molecular weight excluding hydrogens is 265 g/mol. The lowest BCUT2D eigenvalue weighted by Crippen LogP contribution is -2.32. The van der Waals surface area contributed by atoms with Crippen LogP contribution in [0.25, 0.3) is 0 Å². The Kier molecular flexibility index (Phi) is 4.62. The molecule has 0 aliphatic carbocycles. The van der Waals surface area contributed by atoms with Crippen molar-refractivity contribution in [2.75, 3.05) is 18.4 Å². The summed E-state index contributed by atoms with van der Waals surface area (Å²) in [5.74, 6) is -0.844. The molecule has 0 bridgehead atoms. The molecule has 0 saturated carbocycles. The summed E-state index contributed by atoms with van der Waals surface area (Å²) in [4.78, 5) is 21.7. The number of halogens is 1. The second-order valence-electron chi connectivity index (χ2n) is 4.89. The molecule has 1 aliphatic heterocycles. The average Bonchev–Trinajstić information content (AvgIpc) is 2.41. The first kappa shape index (κ1) is 14.4. The Hall–Kier alpha value is -2.02. The molecule has 1 aromatic rings. The van der Waals surface area contributed by atoms with Crippen LogP contribution in [-0.4, -0.2) is 23.9 Å². The van der Waals surface area contributed by atoms with Gasteiger partial charge in [-0.05, 0) is 44.0 Å². The van der Waals surface area contributed by atoms with Gasteiger partial charge in [-0.1, -0.05) is 0 Å². The van der Waals surface area contributed by atoms with Gasteiger partial charge >= 0.3 is 5.69 Å². The van der Waals surface area contributed by atoms with Crippen LogP contribution in [0.15, 0.2) is 18.2 Å². The lowest BCUT2D eigenvalue weighted by Gasteiger charge is -2.22. The van der Waals surface area contributed by atoms with E-state index in [9.17, 15) is 19.3 Å². The lowest BCUT2D eigenvalue weighted by molar-refractivity contribution is -0.387. The first-order valence-corrected chi connectivity index (χ1v) is 6.51. The second-order valence-corrected chi connectivity index (χ2v) is 4.89. The highest BCUT2D eigenvalue weighted by Crippen LogP contribution is 2.22. The van der Waals surface area contributed by atoms with Crippen molar-refractivity contribution >= 4 is 17.3 Å². The first-order valence-electron chi connectivity index (χ1n) is 6.51. The summed E-state index contributed by atoms with van der Waals surface area (Å²) in [6.45, 7) is 1.78. The monoisotopic (exact) mass is 281 g/mol. The molecule has 2 N–H and O–H groups in total. The molecule has 7 heteroatoms. The molecule has 1 atom stereocenters. The van der Waals surface area contributed by atoms with Crippen molar-refractivity contribution in [3.63, 3.8) is 0 Å². The molecule has 0 radical (unpaired) electrons. The van der Waals surface area contributed by atoms with Crippen molar-refractivity contribution in [3.8, 4) is 0 Å². The third-order valence-electron chi connectivity index (χ3n) is 3.30. The number of hydrogen-bond donors (Lipinski definition) is 2. The molecule has 6 nitrogen and oxygen atoms in total. The first-order chi connectivity index (χ1) is 9.56. The Bertz CT molecular complexity index is 516. The third kappa shape index (κ3) is 3.74. The Balaban J connectivity index is 1.96. The molecule has 1 fully saturated rings. The van der Waals surface area contributed by atoms with Gasteiger partial charge in [0.15, 0.2) is 0 Å². The minimum absolute atomic E-state index is 0.209. The number of hydrogen-bond acceptors (Lipinski definition) is 4. The zero-order chi connectivity index (χ0) is 14.5. The molecule has 0 aromatic heterocycles. The minimum Gasteiger partial charge on any atom is -0.326 e. The largest absolute Gasteiger partial charge is 0.326 e. The van der Waals surface area contributed by atoms with Gasteiger partial charge in [0, 0.05) is 18.2 Å². The number of benzene rings is 1. The van der Waals surface area contributed by atoms with E-state index >= 15 is 0 Å². The molecule has 1 heterocycles. The number of carbonyl (C=O) groups is 1. The van der Waals surface area contributed by atoms with E-state index in [2.05, 4.69) is 10.6 Å². The summed E-state index contributed by atoms with van der Waals surface area (Å²) in [7, 11) is 0. The predicted molar refractivity (Wildman–Crippen MR) is 71.9 cm³/mol. The average molecular weight is 281 g/mol. The standard InChI is InChI=1S/C13H16FN3O3/c14-11-4-3-10(7-12(11)17(19)20)16-13(18)6-9-2-1-5-15-8-9/h3-4,7,9,15H,1-2,5-6,8H2,(H,16,18). The van der Waals surface area contributed by atoms with Crippen molar-refractivity contribution in [1.82, 2.24) is 5.32 Å². The maximum Gasteiger partial charge on any atom is 0.306 e. The van der Waals surface area contributed by atoms with Crippen molar-refractivity contribution in [1.29, 1.82) is 0 Å². The van der Waals surface area contributed by atoms with Gasteiger partial charge in [0.25, 0.3) is 0 Å². The summed E-state index contributed by atoms with van der Waals surface area (Å²) in [6.07, 6.45) is 2.39. The van der Waals surface area contributed by atoms with E-state index in [1.54, 1.807) is 0 Å². The van der Waals surface area contributed by atoms with Crippen LogP contribution in [0.2, 0.25) is 0 Å². The molecule has 20 heavy (non-hydrogen) atoms. The Morgan fingerprint density at radius 3 is 3.00 bits per heavy atom. The quantitative estimate of drug-likeness (QED) is 0.653. The molecule has 108 valence electrons. The summed E-state index contributed by atoms with van der Waals surface area (Å²) < 4.78 is 13.2. The molecule has 1 unspecified atom stereocenters. The Morgan fingerprint density at radius 2 is 2.35 bits per heavy atom. The molecule has 2 rings (SSSR count). The fraction of sp³-hybridized carbons (Fsp3) is 0.462. The normalized spacial score (nSPS) is 18.6. The summed E-state index contributed by atoms with van der Waals surface area (Å²) in [5, 5.41) is 16.4. The fourth-order valence-corrected chi connectivity index (χ4v) is 2.30. The van der Waals surface area contributed by atoms with Crippen molar-refractivity contribution in [2.24, 2.45) is 5.92 Å². The number of nitro benzene ring substituents is 1. The number of anilines is 1. The van der Waals surface area contributed by atoms with Crippen molar-refractivity contribution in [3.05, 3.63) is 34.1 Å². The van der Waals surface area contributed by atoms with Crippen LogP contribution < -0.4 is 10.6 Å².